The SMILES string of the molecule is Cc1ccc(Br)cc1OC(c1ccccc1)C(C)N. The van der Waals surface area contributed by atoms with E-state index in [1.807, 2.05) is 62.4 Å². The third-order valence-corrected chi connectivity index (χ3v) is 3.50. The summed E-state index contributed by atoms with van der Waals surface area (Å²) in [5, 5.41) is 0. The molecule has 0 fully saturated rings. The zero-order valence-corrected chi connectivity index (χ0v) is 12.7. The molecule has 100 valence electrons. The quantitative estimate of drug-likeness (QED) is 0.915. The second kappa shape index (κ2) is 6.22. The van der Waals surface area contributed by atoms with E-state index < -0.39 is 0 Å². The highest BCUT2D eigenvalue weighted by Crippen LogP contribution is 2.29. The molecule has 0 heterocycles. The maximum Gasteiger partial charge on any atom is 0.138 e. The second-order valence-corrected chi connectivity index (χ2v) is 5.63. The van der Waals surface area contributed by atoms with Gasteiger partial charge in [0.05, 0.1) is 0 Å². The Labute approximate surface area is 122 Å². The van der Waals surface area contributed by atoms with E-state index in [4.69, 9.17) is 10.5 Å². The zero-order chi connectivity index (χ0) is 13.8. The Kier molecular flexibility index (Phi) is 4.61. The molecule has 2 rings (SSSR count). The van der Waals surface area contributed by atoms with Crippen LogP contribution in [-0.2, 0) is 0 Å². The van der Waals surface area contributed by atoms with Crippen LogP contribution in [0.2, 0.25) is 0 Å². The van der Waals surface area contributed by atoms with Gasteiger partial charge in [-0.1, -0.05) is 52.3 Å². The van der Waals surface area contributed by atoms with Gasteiger partial charge >= 0.3 is 0 Å². The first-order valence-corrected chi connectivity index (χ1v) is 7.10. The summed E-state index contributed by atoms with van der Waals surface area (Å²) in [5.41, 5.74) is 8.26. The number of benzene rings is 2. The van der Waals surface area contributed by atoms with E-state index in [0.717, 1.165) is 21.3 Å². The molecule has 0 aromatic heterocycles. The molecule has 2 atom stereocenters. The van der Waals surface area contributed by atoms with Crippen molar-refractivity contribution in [2.45, 2.75) is 26.0 Å². The highest BCUT2D eigenvalue weighted by molar-refractivity contribution is 9.10. The van der Waals surface area contributed by atoms with E-state index in [1.165, 1.54) is 0 Å². The Morgan fingerprint density at radius 3 is 2.42 bits per heavy atom. The van der Waals surface area contributed by atoms with Crippen molar-refractivity contribution in [1.29, 1.82) is 0 Å². The van der Waals surface area contributed by atoms with Crippen molar-refractivity contribution in [1.82, 2.24) is 0 Å². The molecule has 19 heavy (non-hydrogen) atoms. The summed E-state index contributed by atoms with van der Waals surface area (Å²) < 4.78 is 7.12. The molecule has 0 saturated carbocycles. The summed E-state index contributed by atoms with van der Waals surface area (Å²) in [6, 6.07) is 16.0. The number of hydrogen-bond acceptors (Lipinski definition) is 2. The molecule has 2 aromatic rings. The molecule has 0 radical (unpaired) electrons. The number of aryl methyl sites for hydroxylation is 1. The molecule has 0 aliphatic heterocycles. The highest BCUT2D eigenvalue weighted by Gasteiger charge is 2.18. The van der Waals surface area contributed by atoms with Gasteiger partial charge in [-0.15, -0.1) is 0 Å². The van der Waals surface area contributed by atoms with Crippen LogP contribution in [-0.4, -0.2) is 6.04 Å². The van der Waals surface area contributed by atoms with Crippen LogP contribution < -0.4 is 10.5 Å². The topological polar surface area (TPSA) is 35.2 Å². The Balaban J connectivity index is 2.29. The Morgan fingerprint density at radius 2 is 1.79 bits per heavy atom. The monoisotopic (exact) mass is 319 g/mol. The zero-order valence-electron chi connectivity index (χ0n) is 11.1. The van der Waals surface area contributed by atoms with Crippen LogP contribution in [0.1, 0.15) is 24.2 Å². The predicted octanol–water partition coefficient (Wildman–Crippen LogP) is 4.22. The minimum atomic E-state index is -0.144. The van der Waals surface area contributed by atoms with Crippen molar-refractivity contribution in [2.24, 2.45) is 5.73 Å². The summed E-state index contributed by atoms with van der Waals surface area (Å²) >= 11 is 3.47. The molecule has 3 heteroatoms. The second-order valence-electron chi connectivity index (χ2n) is 4.72. The van der Waals surface area contributed by atoms with Crippen molar-refractivity contribution < 1.29 is 4.74 Å². The van der Waals surface area contributed by atoms with Gasteiger partial charge in [-0.05, 0) is 37.1 Å². The minimum absolute atomic E-state index is 0.0826. The average Bonchev–Trinajstić information content (AvgIpc) is 2.40. The first-order chi connectivity index (χ1) is 9.08. The van der Waals surface area contributed by atoms with E-state index in [0.29, 0.717) is 0 Å². The third-order valence-electron chi connectivity index (χ3n) is 3.01. The Morgan fingerprint density at radius 1 is 1.11 bits per heavy atom. The van der Waals surface area contributed by atoms with Crippen molar-refractivity contribution in [3.63, 3.8) is 0 Å². The fourth-order valence-electron chi connectivity index (χ4n) is 1.96. The van der Waals surface area contributed by atoms with E-state index in [-0.39, 0.29) is 12.1 Å². The van der Waals surface area contributed by atoms with Crippen LogP contribution in [0.4, 0.5) is 0 Å². The number of halogens is 1. The minimum Gasteiger partial charge on any atom is -0.484 e. The fraction of sp³-hybridized carbons (Fsp3) is 0.250. The van der Waals surface area contributed by atoms with Crippen LogP contribution in [0.25, 0.3) is 0 Å². The lowest BCUT2D eigenvalue weighted by atomic mass is 10.0. The number of hydrogen-bond donors (Lipinski definition) is 1. The van der Waals surface area contributed by atoms with E-state index >= 15 is 0 Å². The van der Waals surface area contributed by atoms with Gasteiger partial charge in [0.25, 0.3) is 0 Å². The summed E-state index contributed by atoms with van der Waals surface area (Å²) in [6.07, 6.45) is -0.144. The molecule has 0 spiro atoms. The van der Waals surface area contributed by atoms with Crippen molar-refractivity contribution >= 4 is 15.9 Å². The number of nitrogens with two attached hydrogens (primary N) is 1. The van der Waals surface area contributed by atoms with E-state index in [2.05, 4.69) is 15.9 Å². The van der Waals surface area contributed by atoms with E-state index in [9.17, 15) is 0 Å². The van der Waals surface area contributed by atoms with E-state index in [1.54, 1.807) is 0 Å². The lowest BCUT2D eigenvalue weighted by Gasteiger charge is -2.24. The van der Waals surface area contributed by atoms with Crippen molar-refractivity contribution in [2.75, 3.05) is 0 Å². The number of rotatable bonds is 4. The van der Waals surface area contributed by atoms with Gasteiger partial charge in [-0.2, -0.15) is 0 Å². The van der Waals surface area contributed by atoms with Crippen molar-refractivity contribution in [3.8, 4) is 5.75 Å². The number of ether oxygens (including phenoxy) is 1. The first-order valence-electron chi connectivity index (χ1n) is 6.31. The molecule has 0 aliphatic carbocycles. The largest absolute Gasteiger partial charge is 0.484 e. The fourth-order valence-corrected chi connectivity index (χ4v) is 2.30. The summed E-state index contributed by atoms with van der Waals surface area (Å²) in [4.78, 5) is 0. The normalized spacial score (nSPS) is 13.9. The third kappa shape index (κ3) is 3.58. The lowest BCUT2D eigenvalue weighted by molar-refractivity contribution is 0.179. The van der Waals surface area contributed by atoms with Crippen LogP contribution in [0.15, 0.2) is 53.0 Å². The first kappa shape index (κ1) is 14.1. The summed E-state index contributed by atoms with van der Waals surface area (Å²) in [6.45, 7) is 4.00. The molecule has 0 amide bonds. The summed E-state index contributed by atoms with van der Waals surface area (Å²) in [7, 11) is 0. The molecular formula is C16H18BrNO. The molecule has 0 bridgehead atoms. The van der Waals surface area contributed by atoms with Crippen molar-refractivity contribution in [3.05, 3.63) is 64.1 Å². The molecular weight excluding hydrogens is 302 g/mol. The van der Waals surface area contributed by atoms with Gasteiger partial charge in [-0.3, -0.25) is 0 Å². The summed E-state index contributed by atoms with van der Waals surface area (Å²) in [5.74, 6) is 0.862. The maximum atomic E-state index is 6.12. The van der Waals surface area contributed by atoms with Crippen LogP contribution in [0, 0.1) is 6.92 Å². The molecule has 2 nitrogen and oxygen atoms in total. The van der Waals surface area contributed by atoms with Gasteiger partial charge in [0, 0.05) is 10.5 Å². The van der Waals surface area contributed by atoms with Crippen LogP contribution in [0.3, 0.4) is 0 Å². The molecule has 0 aliphatic rings. The smallest absolute Gasteiger partial charge is 0.138 e. The van der Waals surface area contributed by atoms with Gasteiger partial charge in [0.1, 0.15) is 11.9 Å². The van der Waals surface area contributed by atoms with Gasteiger partial charge in [0.15, 0.2) is 0 Å². The van der Waals surface area contributed by atoms with Gasteiger partial charge in [-0.25, -0.2) is 0 Å². The maximum absolute atomic E-state index is 6.12. The Bertz CT molecular complexity index is 540. The predicted molar refractivity (Wildman–Crippen MR) is 82.3 cm³/mol. The van der Waals surface area contributed by atoms with Gasteiger partial charge < -0.3 is 10.5 Å². The standard InChI is InChI=1S/C16H18BrNO/c1-11-8-9-14(17)10-15(11)19-16(12(2)18)13-6-4-3-5-7-13/h3-10,12,16H,18H2,1-2H3. The Hall–Kier alpha value is -1.32. The highest BCUT2D eigenvalue weighted by atomic mass is 79.9. The van der Waals surface area contributed by atoms with Gasteiger partial charge in [0.2, 0.25) is 0 Å². The average molecular weight is 320 g/mol. The molecule has 2 aromatic carbocycles. The molecule has 0 saturated heterocycles. The molecule has 2 N–H and O–H groups in total. The lowest BCUT2D eigenvalue weighted by Crippen LogP contribution is -2.29. The molecule has 2 unspecified atom stereocenters. The van der Waals surface area contributed by atoms with Crippen LogP contribution >= 0.6 is 15.9 Å². The van der Waals surface area contributed by atoms with Crippen LogP contribution in [0.5, 0.6) is 5.75 Å².